The number of carbonyl (C=O) groups excluding carboxylic acids is 1. The van der Waals surface area contributed by atoms with Crippen molar-refractivity contribution in [1.82, 2.24) is 30.0 Å². The number of hydrogen-bond donors (Lipinski definition) is 1. The number of benzene rings is 1. The minimum Gasteiger partial charge on any atom is -0.347 e. The number of aryl methyl sites for hydroxylation is 1. The van der Waals surface area contributed by atoms with Crippen LogP contribution in [0.5, 0.6) is 0 Å². The Labute approximate surface area is 186 Å². The second-order valence-electron chi connectivity index (χ2n) is 6.30. The minimum atomic E-state index is -0.204. The molecule has 1 aromatic carbocycles. The third-order valence-electron chi connectivity index (χ3n) is 4.15. The fraction of sp³-hybridized carbons (Fsp3) is 0.150. The molecule has 152 valence electrons. The van der Waals surface area contributed by atoms with Gasteiger partial charge >= 0.3 is 0 Å². The van der Waals surface area contributed by atoms with Crippen molar-refractivity contribution in [3.63, 3.8) is 0 Å². The molecule has 0 aliphatic rings. The topological polar surface area (TPSA) is 85.6 Å². The molecule has 4 aromatic rings. The third kappa shape index (κ3) is 4.86. The predicted molar refractivity (Wildman–Crippen MR) is 118 cm³/mol. The largest absolute Gasteiger partial charge is 0.347 e. The van der Waals surface area contributed by atoms with Gasteiger partial charge in [-0.25, -0.2) is 4.98 Å². The van der Waals surface area contributed by atoms with Crippen molar-refractivity contribution in [2.24, 2.45) is 0 Å². The number of amides is 1. The Morgan fingerprint density at radius 2 is 2.17 bits per heavy atom. The lowest BCUT2D eigenvalue weighted by Crippen LogP contribution is -2.23. The van der Waals surface area contributed by atoms with Gasteiger partial charge in [0, 0.05) is 29.3 Å². The van der Waals surface area contributed by atoms with E-state index in [9.17, 15) is 4.79 Å². The first kappa shape index (κ1) is 20.5. The summed E-state index contributed by atoms with van der Waals surface area (Å²) in [6, 6.07) is 11.3. The van der Waals surface area contributed by atoms with Gasteiger partial charge in [0.25, 0.3) is 5.91 Å². The van der Waals surface area contributed by atoms with E-state index in [-0.39, 0.29) is 5.91 Å². The monoisotopic (exact) mass is 456 g/mol. The summed E-state index contributed by atoms with van der Waals surface area (Å²) in [5, 5.41) is 15.3. The molecule has 10 heteroatoms. The zero-order valence-electron chi connectivity index (χ0n) is 15.9. The number of nitrogens with zero attached hydrogens (tertiary/aromatic N) is 5. The van der Waals surface area contributed by atoms with Crippen molar-refractivity contribution in [3.05, 3.63) is 81.3 Å². The van der Waals surface area contributed by atoms with Gasteiger partial charge in [-0.05, 0) is 36.8 Å². The molecule has 1 amide bonds. The lowest BCUT2D eigenvalue weighted by Gasteiger charge is -2.08. The van der Waals surface area contributed by atoms with Crippen LogP contribution in [0.1, 0.15) is 26.9 Å². The first-order valence-electron chi connectivity index (χ1n) is 9.02. The molecule has 0 aliphatic carbocycles. The van der Waals surface area contributed by atoms with Crippen molar-refractivity contribution in [2.45, 2.75) is 24.4 Å². The van der Waals surface area contributed by atoms with E-state index < -0.39 is 0 Å². The zero-order valence-corrected chi connectivity index (χ0v) is 18.3. The maximum absolute atomic E-state index is 12.3. The van der Waals surface area contributed by atoms with E-state index in [0.29, 0.717) is 23.0 Å². The molecule has 0 spiro atoms. The summed E-state index contributed by atoms with van der Waals surface area (Å²) >= 11 is 9.08. The van der Waals surface area contributed by atoms with Crippen LogP contribution in [-0.2, 0) is 12.3 Å². The van der Waals surface area contributed by atoms with Crippen LogP contribution in [0.25, 0.3) is 5.69 Å². The molecule has 4 rings (SSSR count). The minimum absolute atomic E-state index is 0.204. The van der Waals surface area contributed by atoms with Crippen LogP contribution >= 0.6 is 34.7 Å². The molecule has 0 atom stereocenters. The van der Waals surface area contributed by atoms with Crippen molar-refractivity contribution < 1.29 is 4.79 Å². The zero-order chi connectivity index (χ0) is 20.9. The lowest BCUT2D eigenvalue weighted by atomic mass is 10.3. The Morgan fingerprint density at radius 1 is 1.27 bits per heavy atom. The molecule has 0 aliphatic heterocycles. The normalized spacial score (nSPS) is 10.9. The smallest absolute Gasteiger partial charge is 0.271 e. The summed E-state index contributed by atoms with van der Waals surface area (Å²) in [6.45, 7) is 2.31. The Kier molecular flexibility index (Phi) is 6.41. The van der Waals surface area contributed by atoms with Crippen molar-refractivity contribution >= 4 is 40.6 Å². The van der Waals surface area contributed by atoms with E-state index in [4.69, 9.17) is 11.6 Å². The Morgan fingerprint density at radius 3 is 2.97 bits per heavy atom. The van der Waals surface area contributed by atoms with Gasteiger partial charge in [-0.1, -0.05) is 35.5 Å². The van der Waals surface area contributed by atoms with E-state index in [1.807, 2.05) is 47.9 Å². The van der Waals surface area contributed by atoms with Crippen LogP contribution in [0.4, 0.5) is 0 Å². The molecule has 0 saturated heterocycles. The number of thiazole rings is 1. The highest BCUT2D eigenvalue weighted by atomic mass is 35.5. The SMILES string of the molecule is Cc1nnc(SCc2nc(C(=O)NCc3cccnc3)cs2)n1-c1cccc(Cl)c1. The maximum Gasteiger partial charge on any atom is 0.271 e. The lowest BCUT2D eigenvalue weighted by molar-refractivity contribution is 0.0946. The standard InChI is InChI=1S/C20H17ClN6OS2/c1-13-25-26-20(27(13)16-6-2-5-15(21)8-16)30-12-18-24-17(11-29-18)19(28)23-10-14-4-3-7-22-9-14/h2-9,11H,10,12H2,1H3,(H,23,28). The van der Waals surface area contributed by atoms with Gasteiger partial charge in [-0.15, -0.1) is 21.5 Å². The summed E-state index contributed by atoms with van der Waals surface area (Å²) in [5.74, 6) is 1.15. The van der Waals surface area contributed by atoms with Gasteiger partial charge in [-0.3, -0.25) is 14.3 Å². The molecule has 30 heavy (non-hydrogen) atoms. The molecule has 0 unspecified atom stereocenters. The average Bonchev–Trinajstić information content (AvgIpc) is 3.38. The van der Waals surface area contributed by atoms with Crippen LogP contribution < -0.4 is 5.32 Å². The average molecular weight is 457 g/mol. The number of hydrogen-bond acceptors (Lipinski definition) is 7. The number of nitrogens with one attached hydrogen (secondary N) is 1. The van der Waals surface area contributed by atoms with E-state index in [2.05, 4.69) is 25.5 Å². The molecular weight excluding hydrogens is 440 g/mol. The van der Waals surface area contributed by atoms with Gasteiger partial charge in [0.05, 0.1) is 11.4 Å². The maximum atomic E-state index is 12.3. The van der Waals surface area contributed by atoms with E-state index >= 15 is 0 Å². The summed E-state index contributed by atoms with van der Waals surface area (Å²) in [4.78, 5) is 20.8. The van der Waals surface area contributed by atoms with Crippen LogP contribution in [0.2, 0.25) is 5.02 Å². The molecule has 0 fully saturated rings. The molecule has 0 bridgehead atoms. The second kappa shape index (κ2) is 9.38. The van der Waals surface area contributed by atoms with Crippen LogP contribution in [0.15, 0.2) is 59.3 Å². The number of thioether (sulfide) groups is 1. The number of halogens is 1. The van der Waals surface area contributed by atoms with Gasteiger partial charge < -0.3 is 5.32 Å². The molecule has 3 heterocycles. The predicted octanol–water partition coefficient (Wildman–Crippen LogP) is 4.30. The molecule has 0 radical (unpaired) electrons. The Hall–Kier alpha value is -2.75. The van der Waals surface area contributed by atoms with E-state index in [0.717, 1.165) is 27.2 Å². The van der Waals surface area contributed by atoms with Crippen LogP contribution in [-0.4, -0.2) is 30.6 Å². The van der Waals surface area contributed by atoms with Gasteiger partial charge in [0.2, 0.25) is 0 Å². The first-order chi connectivity index (χ1) is 14.6. The van der Waals surface area contributed by atoms with Crippen molar-refractivity contribution in [2.75, 3.05) is 0 Å². The fourth-order valence-corrected chi connectivity index (χ4v) is 4.71. The molecular formula is C20H17ClN6OS2. The Balaban J connectivity index is 1.40. The summed E-state index contributed by atoms with van der Waals surface area (Å²) in [5.41, 5.74) is 2.25. The van der Waals surface area contributed by atoms with E-state index in [1.54, 1.807) is 17.8 Å². The van der Waals surface area contributed by atoms with Crippen molar-refractivity contribution in [3.8, 4) is 5.69 Å². The number of carbonyl (C=O) groups is 1. The summed E-state index contributed by atoms with van der Waals surface area (Å²) in [6.07, 6.45) is 3.42. The summed E-state index contributed by atoms with van der Waals surface area (Å²) < 4.78 is 1.95. The highest BCUT2D eigenvalue weighted by Crippen LogP contribution is 2.27. The number of aromatic nitrogens is 5. The van der Waals surface area contributed by atoms with Gasteiger partial charge in [-0.2, -0.15) is 0 Å². The molecule has 0 saturated carbocycles. The fourth-order valence-electron chi connectivity index (χ4n) is 2.73. The van der Waals surface area contributed by atoms with Crippen LogP contribution in [0, 0.1) is 6.92 Å². The van der Waals surface area contributed by atoms with Crippen molar-refractivity contribution in [1.29, 1.82) is 0 Å². The highest BCUT2D eigenvalue weighted by molar-refractivity contribution is 7.98. The Bertz CT molecular complexity index is 1160. The highest BCUT2D eigenvalue weighted by Gasteiger charge is 2.15. The van der Waals surface area contributed by atoms with E-state index in [1.165, 1.54) is 23.1 Å². The molecule has 7 nitrogen and oxygen atoms in total. The van der Waals surface area contributed by atoms with Gasteiger partial charge in [0.1, 0.15) is 16.5 Å². The number of pyridine rings is 1. The molecule has 3 aromatic heterocycles. The van der Waals surface area contributed by atoms with Gasteiger partial charge in [0.15, 0.2) is 5.16 Å². The second-order valence-corrected chi connectivity index (χ2v) is 8.63. The molecule has 1 N–H and O–H groups in total. The number of rotatable bonds is 7. The quantitative estimate of drug-likeness (QED) is 0.417. The summed E-state index contributed by atoms with van der Waals surface area (Å²) in [7, 11) is 0. The third-order valence-corrected chi connectivity index (χ3v) is 6.35. The first-order valence-corrected chi connectivity index (χ1v) is 11.3. The van der Waals surface area contributed by atoms with Crippen LogP contribution in [0.3, 0.4) is 0 Å².